The van der Waals surface area contributed by atoms with Crippen LogP contribution in [0.4, 0.5) is 5.69 Å². The van der Waals surface area contributed by atoms with E-state index in [1.807, 2.05) is 18.2 Å². The van der Waals surface area contributed by atoms with E-state index in [2.05, 4.69) is 5.22 Å². The number of benzene rings is 1. The molecule has 0 atom stereocenters. The molecule has 1 aliphatic rings. The van der Waals surface area contributed by atoms with Crippen molar-refractivity contribution in [2.75, 3.05) is 5.17 Å². The first-order valence-electron chi connectivity index (χ1n) is 3.50. The Kier molecular flexibility index (Phi) is 1.67. The maximum Gasteiger partial charge on any atom is 0.195 e. The van der Waals surface area contributed by atoms with Crippen molar-refractivity contribution in [3.05, 3.63) is 29.8 Å². The van der Waals surface area contributed by atoms with E-state index >= 15 is 0 Å². The highest BCUT2D eigenvalue weighted by molar-refractivity contribution is 7.51. The molecule has 0 unspecified atom stereocenters. The van der Waals surface area contributed by atoms with Crippen LogP contribution in [0.5, 0.6) is 0 Å². The third-order valence-electron chi connectivity index (χ3n) is 1.70. The maximum absolute atomic E-state index is 9.29. The largest absolute Gasteiger partial charge is 0.533 e. The van der Waals surface area contributed by atoms with Gasteiger partial charge in [-0.3, -0.25) is 4.10 Å². The van der Waals surface area contributed by atoms with Gasteiger partial charge in [-0.1, -0.05) is 18.2 Å². The zero-order chi connectivity index (χ0) is 8.55. The van der Waals surface area contributed by atoms with Gasteiger partial charge in [0.15, 0.2) is 5.69 Å². The molecule has 0 spiro atoms. The number of fused-ring (bicyclic) bond motifs is 1. The minimum Gasteiger partial charge on any atom is -0.533 e. The van der Waals surface area contributed by atoms with Gasteiger partial charge in [0, 0.05) is 10.7 Å². The van der Waals surface area contributed by atoms with E-state index in [1.165, 1.54) is 4.10 Å². The Hall–Kier alpha value is -1.20. The van der Waals surface area contributed by atoms with Gasteiger partial charge in [0.2, 0.25) is 0 Å². The minimum atomic E-state index is 0.558. The van der Waals surface area contributed by atoms with E-state index in [4.69, 9.17) is 12.8 Å². The topological polar surface area (TPSA) is 38.8 Å². The van der Waals surface area contributed by atoms with Crippen molar-refractivity contribution >= 4 is 18.5 Å². The van der Waals surface area contributed by atoms with Crippen LogP contribution in [-0.2, 0) is 19.4 Å². The summed E-state index contributed by atoms with van der Waals surface area (Å²) in [5, 5.41) is 13.7. The van der Waals surface area contributed by atoms with Gasteiger partial charge in [0.05, 0.1) is 0 Å². The number of para-hydroxylation sites is 1. The Morgan fingerprint density at radius 2 is 2.25 bits per heavy atom. The first-order valence-corrected chi connectivity index (χ1v) is 3.87. The zero-order valence-electron chi connectivity index (χ0n) is 6.21. The summed E-state index contributed by atoms with van der Waals surface area (Å²) in [6.45, 7) is 0.558. The minimum absolute atomic E-state index is 0.558. The first-order chi connectivity index (χ1) is 5.77. The van der Waals surface area contributed by atoms with Crippen LogP contribution < -0.4 is 5.17 Å². The summed E-state index contributed by atoms with van der Waals surface area (Å²) < 4.78 is 1.27. The molecule has 4 nitrogen and oxygen atoms in total. The second kappa shape index (κ2) is 2.69. The Morgan fingerprint density at radius 1 is 1.50 bits per heavy atom. The normalized spacial score (nSPS) is 15.4. The second-order valence-corrected chi connectivity index (χ2v) is 2.94. The van der Waals surface area contributed by atoms with Gasteiger partial charge in [-0.2, -0.15) is 5.21 Å². The van der Waals surface area contributed by atoms with E-state index in [-0.39, 0.29) is 0 Å². The molecule has 62 valence electrons. The van der Waals surface area contributed by atoms with Crippen LogP contribution in [0.2, 0.25) is 0 Å². The SMILES string of the molecule is ON1N=[N+]([S-])Cc2ccccc21. The molecule has 2 rings (SSSR count). The zero-order valence-corrected chi connectivity index (χ0v) is 7.03. The molecule has 1 heterocycles. The monoisotopic (exact) mass is 181 g/mol. The third-order valence-corrected chi connectivity index (χ3v) is 1.90. The molecule has 1 aliphatic heterocycles. The van der Waals surface area contributed by atoms with Gasteiger partial charge in [-0.05, 0) is 6.07 Å². The Balaban J connectivity index is 2.48. The second-order valence-electron chi connectivity index (χ2n) is 2.52. The summed E-state index contributed by atoms with van der Waals surface area (Å²) in [5.74, 6) is 0. The van der Waals surface area contributed by atoms with Crippen molar-refractivity contribution in [3.63, 3.8) is 0 Å². The molecule has 12 heavy (non-hydrogen) atoms. The molecule has 0 fully saturated rings. The van der Waals surface area contributed by atoms with Crippen molar-refractivity contribution in [1.82, 2.24) is 0 Å². The number of rotatable bonds is 0. The van der Waals surface area contributed by atoms with Crippen molar-refractivity contribution in [2.45, 2.75) is 6.54 Å². The molecule has 5 heteroatoms. The molecule has 0 radical (unpaired) electrons. The Bertz CT molecular complexity index is 339. The highest BCUT2D eigenvalue weighted by atomic mass is 32.1. The average molecular weight is 181 g/mol. The van der Waals surface area contributed by atoms with Crippen LogP contribution in [0.3, 0.4) is 0 Å². The summed E-state index contributed by atoms with van der Waals surface area (Å²) in [5.41, 5.74) is 1.67. The Labute approximate surface area is 75.2 Å². The average Bonchev–Trinajstić information content (AvgIpc) is 2.04. The molecule has 0 saturated carbocycles. The molecule has 0 bridgehead atoms. The first kappa shape index (κ1) is 7.45. The molecular weight excluding hydrogens is 174 g/mol. The summed E-state index contributed by atoms with van der Waals surface area (Å²) >= 11 is 4.81. The molecule has 1 N–H and O–H groups in total. The molecule has 1 aromatic rings. The molecule has 1 aromatic carbocycles. The van der Waals surface area contributed by atoms with Crippen LogP contribution in [0, 0.1) is 0 Å². The van der Waals surface area contributed by atoms with E-state index in [0.717, 1.165) is 10.7 Å². The van der Waals surface area contributed by atoms with Crippen molar-refractivity contribution in [2.24, 2.45) is 5.22 Å². The van der Waals surface area contributed by atoms with Gasteiger partial charge in [-0.15, -0.1) is 0 Å². The summed E-state index contributed by atoms with van der Waals surface area (Å²) in [6.07, 6.45) is 0. The lowest BCUT2D eigenvalue weighted by atomic mass is 10.2. The van der Waals surface area contributed by atoms with Crippen molar-refractivity contribution in [3.8, 4) is 0 Å². The van der Waals surface area contributed by atoms with E-state index < -0.39 is 0 Å². The van der Waals surface area contributed by atoms with Gasteiger partial charge in [-0.25, -0.2) is 0 Å². The summed E-state index contributed by atoms with van der Waals surface area (Å²) in [7, 11) is 0. The van der Waals surface area contributed by atoms with Crippen molar-refractivity contribution in [1.29, 1.82) is 0 Å². The lowest BCUT2D eigenvalue weighted by Crippen LogP contribution is -2.21. The number of hydrogen-bond acceptors (Lipinski definition) is 4. The smallest absolute Gasteiger partial charge is 0.195 e. The molecule has 0 aliphatic carbocycles. The highest BCUT2D eigenvalue weighted by Crippen LogP contribution is 2.23. The van der Waals surface area contributed by atoms with E-state index in [1.54, 1.807) is 6.07 Å². The van der Waals surface area contributed by atoms with Gasteiger partial charge >= 0.3 is 0 Å². The van der Waals surface area contributed by atoms with Crippen LogP contribution in [0.1, 0.15) is 5.56 Å². The van der Waals surface area contributed by atoms with Crippen LogP contribution in [0.25, 0.3) is 0 Å². The van der Waals surface area contributed by atoms with Crippen LogP contribution >= 0.6 is 0 Å². The molecule has 0 amide bonds. The maximum atomic E-state index is 9.29. The molecular formula is C7H7N3OS. The standard InChI is InChI=1S/C7H7N3OS/c11-10-7-4-2-1-3-6(7)5-9(12)8-10/h1-4,11H,5H2. The van der Waals surface area contributed by atoms with E-state index in [0.29, 0.717) is 12.2 Å². The number of anilines is 1. The Morgan fingerprint density at radius 3 is 3.08 bits per heavy atom. The number of hydrogen-bond donors (Lipinski definition) is 1. The van der Waals surface area contributed by atoms with E-state index in [9.17, 15) is 5.21 Å². The molecule has 0 saturated heterocycles. The predicted octanol–water partition coefficient (Wildman–Crippen LogP) is 1.24. The third kappa shape index (κ3) is 1.13. The lowest BCUT2D eigenvalue weighted by molar-refractivity contribution is -0.453. The quantitative estimate of drug-likeness (QED) is 0.483. The fourth-order valence-electron chi connectivity index (χ4n) is 1.16. The van der Waals surface area contributed by atoms with Gasteiger partial charge in [0.1, 0.15) is 11.8 Å². The molecule has 0 aromatic heterocycles. The summed E-state index contributed by atoms with van der Waals surface area (Å²) in [4.78, 5) is 0. The summed E-state index contributed by atoms with van der Waals surface area (Å²) in [6, 6.07) is 7.45. The van der Waals surface area contributed by atoms with Crippen LogP contribution in [-0.4, -0.2) is 9.31 Å². The fourth-order valence-corrected chi connectivity index (χ4v) is 1.37. The highest BCUT2D eigenvalue weighted by Gasteiger charge is 2.19. The number of nitrogens with zero attached hydrogens (tertiary/aromatic N) is 3. The van der Waals surface area contributed by atoms with Crippen molar-refractivity contribution < 1.29 is 9.31 Å². The fraction of sp³-hybridized carbons (Fsp3) is 0.143. The van der Waals surface area contributed by atoms with Gasteiger partial charge < -0.3 is 12.8 Å². The van der Waals surface area contributed by atoms with Gasteiger partial charge in [0.25, 0.3) is 0 Å². The predicted molar refractivity (Wildman–Crippen MR) is 44.5 cm³/mol. The van der Waals surface area contributed by atoms with Crippen LogP contribution in [0.15, 0.2) is 29.5 Å². The lowest BCUT2D eigenvalue weighted by Gasteiger charge is -2.17.